The maximum absolute atomic E-state index is 12.2. The average Bonchev–Trinajstić information content (AvgIpc) is 2.44. The molecule has 0 aromatic carbocycles. The van der Waals surface area contributed by atoms with Gasteiger partial charge >= 0.3 is 6.18 Å². The molecule has 0 aliphatic heterocycles. The van der Waals surface area contributed by atoms with E-state index in [0.29, 0.717) is 0 Å². The van der Waals surface area contributed by atoms with Gasteiger partial charge in [-0.3, -0.25) is 9.97 Å². The smallest absolute Gasteiger partial charge is 0.308 e. The molecule has 0 saturated heterocycles. The summed E-state index contributed by atoms with van der Waals surface area (Å²) in [6, 6.07) is 7.23. The normalized spacial score (nSPS) is 11.8. The van der Waals surface area contributed by atoms with Crippen molar-refractivity contribution in [2.75, 3.05) is 13.1 Å². The van der Waals surface area contributed by atoms with Crippen molar-refractivity contribution >= 4 is 0 Å². The molecule has 1 N–H and O–H groups in total. The first-order valence-electron chi connectivity index (χ1n) is 6.13. The van der Waals surface area contributed by atoms with Crippen molar-refractivity contribution in [1.29, 1.82) is 0 Å². The van der Waals surface area contributed by atoms with Crippen LogP contribution >= 0.6 is 0 Å². The predicted octanol–water partition coefficient (Wildman–Crippen LogP) is 2.76. The molecule has 3 nitrogen and oxygen atoms in total. The number of hydrogen-bond donors (Lipinski definition) is 1. The van der Waals surface area contributed by atoms with E-state index >= 15 is 0 Å². The van der Waals surface area contributed by atoms with Gasteiger partial charge in [-0.05, 0) is 23.3 Å². The second-order valence-corrected chi connectivity index (χ2v) is 4.37. The van der Waals surface area contributed by atoms with Crippen molar-refractivity contribution in [2.24, 2.45) is 0 Å². The van der Waals surface area contributed by atoms with Crippen LogP contribution in [0.3, 0.4) is 0 Å². The second-order valence-electron chi connectivity index (χ2n) is 4.37. The van der Waals surface area contributed by atoms with E-state index in [1.165, 1.54) is 0 Å². The van der Waals surface area contributed by atoms with Crippen molar-refractivity contribution in [3.05, 3.63) is 60.2 Å². The number of hydrogen-bond acceptors (Lipinski definition) is 3. The Morgan fingerprint density at radius 1 is 1.00 bits per heavy atom. The van der Waals surface area contributed by atoms with Crippen LogP contribution in [0.5, 0.6) is 0 Å². The number of halogens is 3. The maximum Gasteiger partial charge on any atom is 0.401 e. The Hall–Kier alpha value is -1.95. The highest BCUT2D eigenvalue weighted by Gasteiger charge is 2.27. The van der Waals surface area contributed by atoms with E-state index in [-0.39, 0.29) is 12.5 Å². The summed E-state index contributed by atoms with van der Waals surface area (Å²) in [4.78, 5) is 8.04. The summed E-state index contributed by atoms with van der Waals surface area (Å²) >= 11 is 0. The zero-order valence-corrected chi connectivity index (χ0v) is 10.6. The summed E-state index contributed by atoms with van der Waals surface area (Å²) < 4.78 is 36.7. The summed E-state index contributed by atoms with van der Waals surface area (Å²) in [5.41, 5.74) is 1.71. The number of nitrogens with zero attached hydrogens (tertiary/aromatic N) is 2. The van der Waals surface area contributed by atoms with Crippen molar-refractivity contribution < 1.29 is 13.2 Å². The first-order valence-corrected chi connectivity index (χ1v) is 6.13. The molecule has 106 valence electrons. The fraction of sp³-hybridized carbons (Fsp3) is 0.286. The van der Waals surface area contributed by atoms with Crippen LogP contribution in [0.2, 0.25) is 0 Å². The van der Waals surface area contributed by atoms with Crippen LogP contribution in [-0.4, -0.2) is 29.2 Å². The number of alkyl halides is 3. The van der Waals surface area contributed by atoms with Crippen LogP contribution in [0.1, 0.15) is 17.0 Å². The standard InChI is InChI=1S/C14H14F3N3/c15-14(16,17)10-20-9-13(11-3-1-5-18-7-11)12-4-2-6-19-8-12/h1-8,13,20H,9-10H2. The molecule has 0 unspecified atom stereocenters. The minimum atomic E-state index is -4.21. The molecular formula is C14H14F3N3. The molecule has 0 fully saturated rings. The molecule has 0 saturated carbocycles. The van der Waals surface area contributed by atoms with Gasteiger partial charge in [0.25, 0.3) is 0 Å². The van der Waals surface area contributed by atoms with Crippen molar-refractivity contribution in [3.8, 4) is 0 Å². The van der Waals surface area contributed by atoms with Crippen LogP contribution < -0.4 is 5.32 Å². The molecule has 0 radical (unpaired) electrons. The molecule has 0 spiro atoms. The highest BCUT2D eigenvalue weighted by Crippen LogP contribution is 2.23. The van der Waals surface area contributed by atoms with Crippen LogP contribution in [0, 0.1) is 0 Å². The monoisotopic (exact) mass is 281 g/mol. The van der Waals surface area contributed by atoms with Gasteiger partial charge in [-0.2, -0.15) is 13.2 Å². The fourth-order valence-electron chi connectivity index (χ4n) is 1.95. The molecular weight excluding hydrogens is 267 g/mol. The third-order valence-corrected chi connectivity index (χ3v) is 2.85. The topological polar surface area (TPSA) is 37.8 Å². The summed E-state index contributed by atoms with van der Waals surface area (Å²) in [5.74, 6) is -0.209. The Bertz CT molecular complexity index is 475. The summed E-state index contributed by atoms with van der Waals surface area (Å²) in [6.07, 6.45) is 2.37. The largest absolute Gasteiger partial charge is 0.401 e. The van der Waals surface area contributed by atoms with Crippen LogP contribution in [0.4, 0.5) is 13.2 Å². The van der Waals surface area contributed by atoms with Crippen molar-refractivity contribution in [2.45, 2.75) is 12.1 Å². The zero-order valence-electron chi connectivity index (χ0n) is 10.6. The fourth-order valence-corrected chi connectivity index (χ4v) is 1.95. The molecule has 0 bridgehead atoms. The Balaban J connectivity index is 2.13. The lowest BCUT2D eigenvalue weighted by Gasteiger charge is -2.18. The number of pyridine rings is 2. The van der Waals surface area contributed by atoms with E-state index in [4.69, 9.17) is 0 Å². The molecule has 0 atom stereocenters. The summed E-state index contributed by atoms with van der Waals surface area (Å²) in [6.45, 7) is -0.832. The molecule has 0 amide bonds. The maximum atomic E-state index is 12.2. The molecule has 2 rings (SSSR count). The highest BCUT2D eigenvalue weighted by molar-refractivity contribution is 5.29. The summed E-state index contributed by atoms with van der Waals surface area (Å²) in [7, 11) is 0. The summed E-state index contributed by atoms with van der Waals surface area (Å²) in [5, 5.41) is 2.44. The van der Waals surface area contributed by atoms with Gasteiger partial charge in [-0.1, -0.05) is 12.1 Å². The van der Waals surface area contributed by atoms with Crippen LogP contribution in [-0.2, 0) is 0 Å². The molecule has 2 heterocycles. The van der Waals surface area contributed by atoms with E-state index < -0.39 is 12.7 Å². The second kappa shape index (κ2) is 6.47. The van der Waals surface area contributed by atoms with Gasteiger partial charge in [0, 0.05) is 37.3 Å². The van der Waals surface area contributed by atoms with E-state index in [1.807, 2.05) is 12.1 Å². The van der Waals surface area contributed by atoms with E-state index in [1.54, 1.807) is 36.9 Å². The predicted molar refractivity (Wildman–Crippen MR) is 69.2 cm³/mol. The first kappa shape index (κ1) is 14.5. The third-order valence-electron chi connectivity index (χ3n) is 2.85. The van der Waals surface area contributed by atoms with Crippen molar-refractivity contribution in [1.82, 2.24) is 15.3 Å². The molecule has 2 aromatic rings. The first-order chi connectivity index (χ1) is 9.56. The van der Waals surface area contributed by atoms with Gasteiger partial charge in [0.15, 0.2) is 0 Å². The molecule has 20 heavy (non-hydrogen) atoms. The van der Waals surface area contributed by atoms with Crippen LogP contribution in [0.25, 0.3) is 0 Å². The molecule has 0 aliphatic carbocycles. The van der Waals surface area contributed by atoms with E-state index in [2.05, 4.69) is 15.3 Å². The highest BCUT2D eigenvalue weighted by atomic mass is 19.4. The lowest BCUT2D eigenvalue weighted by Crippen LogP contribution is -2.32. The Morgan fingerprint density at radius 3 is 1.95 bits per heavy atom. The van der Waals surface area contributed by atoms with E-state index in [0.717, 1.165) is 11.1 Å². The van der Waals surface area contributed by atoms with Gasteiger partial charge in [-0.25, -0.2) is 0 Å². The number of aromatic nitrogens is 2. The number of rotatable bonds is 5. The van der Waals surface area contributed by atoms with Gasteiger partial charge < -0.3 is 5.32 Å². The Labute approximate surface area is 114 Å². The lowest BCUT2D eigenvalue weighted by molar-refractivity contribution is -0.124. The van der Waals surface area contributed by atoms with Crippen LogP contribution in [0.15, 0.2) is 49.1 Å². The third kappa shape index (κ3) is 4.31. The van der Waals surface area contributed by atoms with Gasteiger partial charge in [0.1, 0.15) is 0 Å². The Kier molecular flexibility index (Phi) is 4.68. The Morgan fingerprint density at radius 2 is 1.55 bits per heavy atom. The molecule has 0 aliphatic rings. The van der Waals surface area contributed by atoms with Gasteiger partial charge in [0.2, 0.25) is 0 Å². The SMILES string of the molecule is FC(F)(F)CNCC(c1cccnc1)c1cccnc1. The quantitative estimate of drug-likeness (QED) is 0.915. The van der Waals surface area contributed by atoms with Gasteiger partial charge in [-0.15, -0.1) is 0 Å². The van der Waals surface area contributed by atoms with Crippen molar-refractivity contribution in [3.63, 3.8) is 0 Å². The molecule has 6 heteroatoms. The zero-order chi connectivity index (χ0) is 14.4. The lowest BCUT2D eigenvalue weighted by atomic mass is 9.93. The van der Waals surface area contributed by atoms with Gasteiger partial charge in [0.05, 0.1) is 6.54 Å². The average molecular weight is 281 g/mol. The van der Waals surface area contributed by atoms with E-state index in [9.17, 15) is 13.2 Å². The minimum Gasteiger partial charge on any atom is -0.308 e. The minimum absolute atomic E-state index is 0.177. The number of nitrogens with one attached hydrogen (secondary N) is 1. The molecule has 2 aromatic heterocycles.